The highest BCUT2D eigenvalue weighted by Crippen LogP contribution is 2.27. The van der Waals surface area contributed by atoms with Crippen molar-refractivity contribution in [2.24, 2.45) is 0 Å². The Hall–Kier alpha value is -1.30. The second-order valence-corrected chi connectivity index (χ2v) is 6.84. The molecule has 0 spiro atoms. The normalized spacial score (nSPS) is 10.6. The molecule has 1 amide bonds. The number of carbonyl (C=O) groups is 1. The maximum atomic E-state index is 11.7. The van der Waals surface area contributed by atoms with Crippen LogP contribution in [-0.4, -0.2) is 24.0 Å². The van der Waals surface area contributed by atoms with E-state index in [9.17, 15) is 4.79 Å². The summed E-state index contributed by atoms with van der Waals surface area (Å²) in [5.74, 6) is 0.284. The van der Waals surface area contributed by atoms with Crippen molar-refractivity contribution in [3.05, 3.63) is 44.3 Å². The van der Waals surface area contributed by atoms with Gasteiger partial charge in [0.15, 0.2) is 6.61 Å². The minimum absolute atomic E-state index is 0.0625. The van der Waals surface area contributed by atoms with Crippen LogP contribution >= 0.6 is 34.5 Å². The summed E-state index contributed by atoms with van der Waals surface area (Å²) in [7, 11) is 0. The van der Waals surface area contributed by atoms with E-state index in [1.165, 1.54) is 0 Å². The molecule has 0 bridgehead atoms. The molecule has 2 rings (SSSR count). The van der Waals surface area contributed by atoms with E-state index in [2.05, 4.69) is 15.7 Å². The third-order valence-corrected chi connectivity index (χ3v) is 4.62. The van der Waals surface area contributed by atoms with Gasteiger partial charge in [0.1, 0.15) is 5.75 Å². The van der Waals surface area contributed by atoms with E-state index < -0.39 is 0 Å². The lowest BCUT2D eigenvalue weighted by atomic mass is 10.2. The highest BCUT2D eigenvalue weighted by atomic mass is 35.5. The number of aryl methyl sites for hydroxylation is 2. The SMILES string of the molecule is Cc1csc(CCCCNC(=O)COc2ccc(Cl)cc2Cl)n1. The first-order valence-electron chi connectivity index (χ1n) is 7.30. The Kier molecular flexibility index (Phi) is 7.15. The van der Waals surface area contributed by atoms with Crippen LogP contribution in [0.3, 0.4) is 0 Å². The summed E-state index contributed by atoms with van der Waals surface area (Å²) >= 11 is 13.5. The number of nitrogens with zero attached hydrogens (tertiary/aromatic N) is 1. The van der Waals surface area contributed by atoms with E-state index in [-0.39, 0.29) is 12.5 Å². The molecule has 4 nitrogen and oxygen atoms in total. The lowest BCUT2D eigenvalue weighted by Gasteiger charge is -2.08. The zero-order valence-electron chi connectivity index (χ0n) is 12.8. The first kappa shape index (κ1) is 18.0. The molecule has 2 aromatic rings. The van der Waals surface area contributed by atoms with Gasteiger partial charge in [-0.05, 0) is 44.4 Å². The van der Waals surface area contributed by atoms with E-state index >= 15 is 0 Å². The largest absolute Gasteiger partial charge is 0.482 e. The lowest BCUT2D eigenvalue weighted by Crippen LogP contribution is -2.29. The smallest absolute Gasteiger partial charge is 0.257 e. The van der Waals surface area contributed by atoms with Gasteiger partial charge in [0.2, 0.25) is 0 Å². The van der Waals surface area contributed by atoms with Crippen LogP contribution in [0.4, 0.5) is 0 Å². The molecule has 0 aliphatic carbocycles. The number of amides is 1. The molecule has 0 aliphatic rings. The van der Waals surface area contributed by atoms with Gasteiger partial charge in [-0.3, -0.25) is 4.79 Å². The lowest BCUT2D eigenvalue weighted by molar-refractivity contribution is -0.123. The summed E-state index contributed by atoms with van der Waals surface area (Å²) in [5, 5.41) is 6.95. The predicted octanol–water partition coefficient (Wildman–Crippen LogP) is 4.28. The number of aromatic nitrogens is 1. The Morgan fingerprint density at radius 2 is 2.17 bits per heavy atom. The molecule has 124 valence electrons. The number of unbranched alkanes of at least 4 members (excludes halogenated alkanes) is 1. The van der Waals surface area contributed by atoms with Crippen LogP contribution in [0.5, 0.6) is 5.75 Å². The van der Waals surface area contributed by atoms with Crippen LogP contribution in [0.2, 0.25) is 10.0 Å². The van der Waals surface area contributed by atoms with Gasteiger partial charge in [-0.2, -0.15) is 0 Å². The van der Waals surface area contributed by atoms with Crippen molar-refractivity contribution in [3.63, 3.8) is 0 Å². The van der Waals surface area contributed by atoms with Crippen molar-refractivity contribution in [1.29, 1.82) is 0 Å². The van der Waals surface area contributed by atoms with E-state index in [1.807, 2.05) is 6.92 Å². The number of thiazole rings is 1. The number of rotatable bonds is 8. The van der Waals surface area contributed by atoms with E-state index in [0.29, 0.717) is 22.3 Å². The minimum Gasteiger partial charge on any atom is -0.482 e. The van der Waals surface area contributed by atoms with Crippen molar-refractivity contribution in [2.45, 2.75) is 26.2 Å². The van der Waals surface area contributed by atoms with Gasteiger partial charge in [-0.15, -0.1) is 11.3 Å². The Balaban J connectivity index is 1.59. The van der Waals surface area contributed by atoms with Crippen LogP contribution in [0.15, 0.2) is 23.6 Å². The zero-order chi connectivity index (χ0) is 16.7. The van der Waals surface area contributed by atoms with Gasteiger partial charge < -0.3 is 10.1 Å². The fraction of sp³-hybridized carbons (Fsp3) is 0.375. The molecule has 0 radical (unpaired) electrons. The van der Waals surface area contributed by atoms with Crippen LogP contribution in [0.25, 0.3) is 0 Å². The summed E-state index contributed by atoms with van der Waals surface area (Å²) in [6, 6.07) is 4.89. The zero-order valence-corrected chi connectivity index (χ0v) is 15.1. The molecule has 0 aliphatic heterocycles. The van der Waals surface area contributed by atoms with Gasteiger partial charge in [0, 0.05) is 22.6 Å². The molecular weight excluding hydrogens is 355 g/mol. The van der Waals surface area contributed by atoms with Crippen LogP contribution in [0.1, 0.15) is 23.5 Å². The minimum atomic E-state index is -0.166. The second-order valence-electron chi connectivity index (χ2n) is 5.05. The van der Waals surface area contributed by atoms with Gasteiger partial charge in [-0.1, -0.05) is 23.2 Å². The fourth-order valence-electron chi connectivity index (χ4n) is 1.93. The summed E-state index contributed by atoms with van der Waals surface area (Å²) < 4.78 is 5.37. The predicted molar refractivity (Wildman–Crippen MR) is 94.8 cm³/mol. The number of hydrogen-bond donors (Lipinski definition) is 1. The molecule has 23 heavy (non-hydrogen) atoms. The topological polar surface area (TPSA) is 51.2 Å². The highest BCUT2D eigenvalue weighted by Gasteiger charge is 2.06. The molecular formula is C16H18Cl2N2O2S. The van der Waals surface area contributed by atoms with Crippen molar-refractivity contribution in [3.8, 4) is 5.75 Å². The Bertz CT molecular complexity index is 661. The maximum Gasteiger partial charge on any atom is 0.257 e. The molecule has 1 aromatic carbocycles. The number of benzene rings is 1. The number of halogens is 2. The summed E-state index contributed by atoms with van der Waals surface area (Å²) in [5.41, 5.74) is 1.07. The third-order valence-electron chi connectivity index (χ3n) is 3.06. The van der Waals surface area contributed by atoms with Crippen LogP contribution in [-0.2, 0) is 11.2 Å². The van der Waals surface area contributed by atoms with Gasteiger partial charge in [0.05, 0.1) is 10.0 Å². The number of hydrogen-bond acceptors (Lipinski definition) is 4. The molecule has 1 N–H and O–H groups in total. The van der Waals surface area contributed by atoms with E-state index in [0.717, 1.165) is 30.0 Å². The molecule has 0 unspecified atom stereocenters. The Morgan fingerprint density at radius 1 is 1.35 bits per heavy atom. The second kappa shape index (κ2) is 9.11. The van der Waals surface area contributed by atoms with Gasteiger partial charge in [0.25, 0.3) is 5.91 Å². The van der Waals surface area contributed by atoms with E-state index in [1.54, 1.807) is 29.5 Å². The van der Waals surface area contributed by atoms with Crippen LogP contribution in [0, 0.1) is 6.92 Å². The standard InChI is InChI=1S/C16H18Cl2N2O2S/c1-11-10-23-16(20-11)4-2-3-7-19-15(21)9-22-14-6-5-12(17)8-13(14)18/h5-6,8,10H,2-4,7,9H2,1H3,(H,19,21). The fourth-order valence-corrected chi connectivity index (χ4v) is 3.21. The molecule has 0 saturated carbocycles. The van der Waals surface area contributed by atoms with Crippen molar-refractivity contribution in [1.82, 2.24) is 10.3 Å². The number of nitrogens with one attached hydrogen (secondary N) is 1. The average molecular weight is 373 g/mol. The number of carbonyl (C=O) groups excluding carboxylic acids is 1. The summed E-state index contributed by atoms with van der Waals surface area (Å²) in [6.07, 6.45) is 2.86. The maximum absolute atomic E-state index is 11.7. The van der Waals surface area contributed by atoms with Gasteiger partial charge >= 0.3 is 0 Å². The molecule has 1 aromatic heterocycles. The van der Waals surface area contributed by atoms with Crippen molar-refractivity contribution < 1.29 is 9.53 Å². The number of ether oxygens (including phenoxy) is 1. The summed E-state index contributed by atoms with van der Waals surface area (Å²) in [4.78, 5) is 16.1. The first-order chi connectivity index (χ1) is 11.0. The summed E-state index contributed by atoms with van der Waals surface area (Å²) in [6.45, 7) is 2.56. The molecule has 0 fully saturated rings. The van der Waals surface area contributed by atoms with E-state index in [4.69, 9.17) is 27.9 Å². The third kappa shape index (κ3) is 6.37. The Labute approximate surface area is 149 Å². The molecule has 1 heterocycles. The Morgan fingerprint density at radius 3 is 2.87 bits per heavy atom. The molecule has 0 saturated heterocycles. The van der Waals surface area contributed by atoms with Crippen molar-refractivity contribution >= 4 is 40.4 Å². The molecule has 7 heteroatoms. The van der Waals surface area contributed by atoms with Gasteiger partial charge in [-0.25, -0.2) is 4.98 Å². The first-order valence-corrected chi connectivity index (χ1v) is 8.93. The highest BCUT2D eigenvalue weighted by molar-refractivity contribution is 7.09. The average Bonchev–Trinajstić information content (AvgIpc) is 2.91. The van der Waals surface area contributed by atoms with Crippen molar-refractivity contribution in [2.75, 3.05) is 13.2 Å². The quantitative estimate of drug-likeness (QED) is 0.703. The van der Waals surface area contributed by atoms with Crippen LogP contribution < -0.4 is 10.1 Å². The molecule has 0 atom stereocenters. The monoisotopic (exact) mass is 372 g/mol.